The SMILES string of the molecule is CCCCCCCCCCCCCN(CCCCCCCCCCCCC)P(=O)(O)OCC. The van der Waals surface area contributed by atoms with Gasteiger partial charge in [-0.2, -0.15) is 0 Å². The van der Waals surface area contributed by atoms with E-state index in [1.54, 1.807) is 11.6 Å². The zero-order valence-corrected chi connectivity index (χ0v) is 23.7. The summed E-state index contributed by atoms with van der Waals surface area (Å²) in [6.07, 6.45) is 28.5. The molecule has 0 heterocycles. The Bertz CT molecular complexity index is 407. The largest absolute Gasteiger partial charge is 0.405 e. The van der Waals surface area contributed by atoms with E-state index < -0.39 is 7.75 Å². The molecule has 200 valence electrons. The van der Waals surface area contributed by atoms with Crippen LogP contribution in [0.25, 0.3) is 0 Å². The Balaban J connectivity index is 3.85. The molecule has 1 atom stereocenters. The van der Waals surface area contributed by atoms with Crippen LogP contribution < -0.4 is 0 Å². The molecule has 0 aliphatic heterocycles. The summed E-state index contributed by atoms with van der Waals surface area (Å²) in [7, 11) is -3.63. The predicted octanol–water partition coefficient (Wildman–Crippen LogP) is 10.0. The van der Waals surface area contributed by atoms with E-state index in [9.17, 15) is 9.46 Å². The maximum Gasteiger partial charge on any atom is 0.405 e. The van der Waals surface area contributed by atoms with Crippen LogP contribution in [0.3, 0.4) is 0 Å². The van der Waals surface area contributed by atoms with Gasteiger partial charge in [0.2, 0.25) is 0 Å². The van der Waals surface area contributed by atoms with Crippen LogP contribution in [0.1, 0.15) is 162 Å². The lowest BCUT2D eigenvalue weighted by atomic mass is 10.1. The summed E-state index contributed by atoms with van der Waals surface area (Å²) >= 11 is 0. The third kappa shape index (κ3) is 22.3. The van der Waals surface area contributed by atoms with Gasteiger partial charge in [-0.25, -0.2) is 9.24 Å². The van der Waals surface area contributed by atoms with Crippen molar-refractivity contribution >= 4 is 7.75 Å². The minimum Gasteiger partial charge on any atom is -0.312 e. The lowest BCUT2D eigenvalue weighted by Gasteiger charge is -2.26. The second-order valence-corrected chi connectivity index (χ2v) is 11.7. The molecular weight excluding hydrogens is 429 g/mol. The molecule has 1 unspecified atom stereocenters. The Hall–Kier alpha value is 0.110. The maximum absolute atomic E-state index is 12.6. The third-order valence-electron chi connectivity index (χ3n) is 6.69. The third-order valence-corrected chi connectivity index (χ3v) is 8.40. The van der Waals surface area contributed by atoms with Gasteiger partial charge in [0.05, 0.1) is 6.61 Å². The number of hydrogen-bond acceptors (Lipinski definition) is 2. The molecule has 0 bridgehead atoms. The highest BCUT2D eigenvalue weighted by atomic mass is 31.2. The van der Waals surface area contributed by atoms with Gasteiger partial charge in [-0.05, 0) is 19.8 Å². The molecule has 33 heavy (non-hydrogen) atoms. The van der Waals surface area contributed by atoms with Crippen molar-refractivity contribution in [3.8, 4) is 0 Å². The van der Waals surface area contributed by atoms with Crippen molar-refractivity contribution in [2.45, 2.75) is 162 Å². The first-order chi connectivity index (χ1) is 16.1. The van der Waals surface area contributed by atoms with Gasteiger partial charge in [-0.15, -0.1) is 0 Å². The van der Waals surface area contributed by atoms with Gasteiger partial charge in [0.25, 0.3) is 0 Å². The lowest BCUT2D eigenvalue weighted by Crippen LogP contribution is -2.24. The van der Waals surface area contributed by atoms with Gasteiger partial charge >= 0.3 is 7.75 Å². The lowest BCUT2D eigenvalue weighted by molar-refractivity contribution is 0.206. The number of rotatable bonds is 27. The summed E-state index contributed by atoms with van der Waals surface area (Å²) in [6.45, 7) is 7.99. The van der Waals surface area contributed by atoms with Gasteiger partial charge in [0.1, 0.15) is 0 Å². The average Bonchev–Trinajstić information content (AvgIpc) is 2.79. The summed E-state index contributed by atoms with van der Waals surface area (Å²) in [5.74, 6) is 0. The predicted molar refractivity (Wildman–Crippen MR) is 146 cm³/mol. The van der Waals surface area contributed by atoms with Crippen molar-refractivity contribution in [2.24, 2.45) is 0 Å². The summed E-state index contributed by atoms with van der Waals surface area (Å²) in [5, 5.41) is 0. The van der Waals surface area contributed by atoms with Crippen LogP contribution in [0.5, 0.6) is 0 Å². The van der Waals surface area contributed by atoms with Crippen LogP contribution in [0, 0.1) is 0 Å². The molecule has 1 N–H and O–H groups in total. The van der Waals surface area contributed by atoms with E-state index in [1.165, 1.54) is 116 Å². The van der Waals surface area contributed by atoms with E-state index in [0.717, 1.165) is 25.7 Å². The number of unbranched alkanes of at least 4 members (excludes halogenated alkanes) is 20. The second-order valence-electron chi connectivity index (χ2n) is 9.93. The first-order valence-electron chi connectivity index (χ1n) is 14.8. The van der Waals surface area contributed by atoms with Crippen LogP contribution >= 0.6 is 7.75 Å². The minimum absolute atomic E-state index is 0.292. The van der Waals surface area contributed by atoms with Crippen LogP contribution in [0.15, 0.2) is 0 Å². The van der Waals surface area contributed by atoms with Crippen molar-refractivity contribution in [3.05, 3.63) is 0 Å². The van der Waals surface area contributed by atoms with Crippen molar-refractivity contribution in [2.75, 3.05) is 19.7 Å². The van der Waals surface area contributed by atoms with E-state index >= 15 is 0 Å². The fourth-order valence-electron chi connectivity index (χ4n) is 4.53. The second kappa shape index (κ2) is 25.2. The molecular formula is C28H60NO3P. The highest BCUT2D eigenvalue weighted by Gasteiger charge is 2.28. The molecule has 0 aliphatic carbocycles. The van der Waals surface area contributed by atoms with E-state index in [4.69, 9.17) is 4.52 Å². The first-order valence-corrected chi connectivity index (χ1v) is 16.3. The molecule has 0 aliphatic rings. The van der Waals surface area contributed by atoms with E-state index in [-0.39, 0.29) is 0 Å². The summed E-state index contributed by atoms with van der Waals surface area (Å²) in [4.78, 5) is 10.4. The van der Waals surface area contributed by atoms with Gasteiger partial charge < -0.3 is 4.89 Å². The summed E-state index contributed by atoms with van der Waals surface area (Å²) in [5.41, 5.74) is 0. The van der Waals surface area contributed by atoms with Gasteiger partial charge in [-0.1, -0.05) is 142 Å². The molecule has 0 spiro atoms. The van der Waals surface area contributed by atoms with Crippen molar-refractivity contribution in [1.29, 1.82) is 0 Å². The van der Waals surface area contributed by atoms with Gasteiger partial charge in [0.15, 0.2) is 0 Å². The summed E-state index contributed by atoms with van der Waals surface area (Å²) in [6, 6.07) is 0. The molecule has 4 nitrogen and oxygen atoms in total. The normalized spacial score (nSPS) is 13.6. The molecule has 0 rings (SSSR count). The quantitative estimate of drug-likeness (QED) is 0.0921. The fraction of sp³-hybridized carbons (Fsp3) is 1.00. The molecule has 0 aromatic heterocycles. The van der Waals surface area contributed by atoms with Crippen LogP contribution in [-0.2, 0) is 9.09 Å². The fourth-order valence-corrected chi connectivity index (χ4v) is 5.82. The van der Waals surface area contributed by atoms with E-state index in [2.05, 4.69) is 13.8 Å². The molecule has 5 heteroatoms. The molecule has 0 aromatic rings. The van der Waals surface area contributed by atoms with Gasteiger partial charge in [0, 0.05) is 13.1 Å². The zero-order chi connectivity index (χ0) is 24.5. The molecule has 0 radical (unpaired) electrons. The molecule has 0 amide bonds. The highest BCUT2D eigenvalue weighted by molar-refractivity contribution is 7.50. The van der Waals surface area contributed by atoms with Gasteiger partial charge in [-0.3, -0.25) is 4.52 Å². The standard InChI is InChI=1S/C28H60NO3P/c1-4-7-9-11-13-15-17-19-21-23-25-27-29(33(30,31)32-6-3)28-26-24-22-20-18-16-14-12-10-8-5-2/h4-28H2,1-3H3,(H,30,31). The highest BCUT2D eigenvalue weighted by Crippen LogP contribution is 2.46. The Morgan fingerprint density at radius 3 is 1.06 bits per heavy atom. The first kappa shape index (κ1) is 33.1. The Kier molecular flexibility index (Phi) is 25.3. The van der Waals surface area contributed by atoms with Crippen LogP contribution in [0.2, 0.25) is 0 Å². The van der Waals surface area contributed by atoms with Crippen molar-refractivity contribution in [3.63, 3.8) is 0 Å². The molecule has 0 fully saturated rings. The minimum atomic E-state index is -3.63. The number of nitrogens with zero attached hydrogens (tertiary/aromatic N) is 1. The molecule has 0 aromatic carbocycles. The van der Waals surface area contributed by atoms with Crippen molar-refractivity contribution in [1.82, 2.24) is 4.67 Å². The molecule has 0 saturated carbocycles. The Labute approximate surface area is 208 Å². The average molecular weight is 490 g/mol. The maximum atomic E-state index is 12.6. The Morgan fingerprint density at radius 2 is 0.788 bits per heavy atom. The molecule has 0 saturated heterocycles. The van der Waals surface area contributed by atoms with Crippen LogP contribution in [-0.4, -0.2) is 29.3 Å². The number of hydrogen-bond donors (Lipinski definition) is 1. The topological polar surface area (TPSA) is 49.8 Å². The Morgan fingerprint density at radius 1 is 0.515 bits per heavy atom. The summed E-state index contributed by atoms with van der Waals surface area (Å²) < 4.78 is 19.6. The monoisotopic (exact) mass is 489 g/mol. The smallest absolute Gasteiger partial charge is 0.312 e. The van der Waals surface area contributed by atoms with E-state index in [1.807, 2.05) is 0 Å². The van der Waals surface area contributed by atoms with Crippen molar-refractivity contribution < 1.29 is 14.0 Å². The zero-order valence-electron chi connectivity index (χ0n) is 22.8. The van der Waals surface area contributed by atoms with E-state index in [0.29, 0.717) is 19.7 Å². The van der Waals surface area contributed by atoms with Crippen LogP contribution in [0.4, 0.5) is 0 Å².